The third-order valence-electron chi connectivity index (χ3n) is 6.58. The first kappa shape index (κ1) is 29.9. The summed E-state index contributed by atoms with van der Waals surface area (Å²) in [4.78, 5) is 35.6. The fourth-order valence-electron chi connectivity index (χ4n) is 4.38. The van der Waals surface area contributed by atoms with Gasteiger partial charge in [0.05, 0.1) is 12.0 Å². The molecule has 0 aliphatic heterocycles. The maximum absolute atomic E-state index is 15.8. The molecule has 44 heavy (non-hydrogen) atoms. The fraction of sp³-hybridized carbons (Fsp3) is 0.125. The second kappa shape index (κ2) is 13.1. The van der Waals surface area contributed by atoms with Crippen molar-refractivity contribution in [3.05, 3.63) is 119 Å². The van der Waals surface area contributed by atoms with Crippen LogP contribution in [0.15, 0.2) is 79.3 Å². The Morgan fingerprint density at radius 3 is 2.41 bits per heavy atom. The highest BCUT2D eigenvalue weighted by Crippen LogP contribution is 2.35. The van der Waals surface area contributed by atoms with Crippen molar-refractivity contribution in [3.8, 4) is 34.4 Å². The minimum Gasteiger partial charge on any atom is -0.478 e. The summed E-state index contributed by atoms with van der Waals surface area (Å²) in [6.07, 6.45) is 3.38. The van der Waals surface area contributed by atoms with E-state index in [4.69, 9.17) is 15.2 Å². The number of imidazole rings is 1. The molecule has 0 aliphatic rings. The summed E-state index contributed by atoms with van der Waals surface area (Å²) in [5, 5.41) is 12.1. The molecule has 0 atom stereocenters. The number of carbonyl (C=O) groups excluding carboxylic acids is 1. The first-order valence-corrected chi connectivity index (χ1v) is 13.5. The number of carboxylic acid groups (broad SMARTS) is 1. The van der Waals surface area contributed by atoms with Crippen LogP contribution >= 0.6 is 0 Å². The number of nitrogens with zero attached hydrogens (tertiary/aromatic N) is 2. The summed E-state index contributed by atoms with van der Waals surface area (Å²) in [6.45, 7) is 2.03. The van der Waals surface area contributed by atoms with Gasteiger partial charge in [0, 0.05) is 25.7 Å². The van der Waals surface area contributed by atoms with Crippen LogP contribution in [-0.2, 0) is 13.0 Å². The number of ether oxygens (including phenoxy) is 2. The van der Waals surface area contributed by atoms with Gasteiger partial charge in [0.2, 0.25) is 11.6 Å². The number of halogens is 2. The van der Waals surface area contributed by atoms with Crippen LogP contribution in [0, 0.1) is 18.6 Å². The number of H-pyrrole nitrogens is 1. The van der Waals surface area contributed by atoms with E-state index in [1.54, 1.807) is 25.3 Å². The standard InChI is InChI=1S/C32H27F2N5O5/c1-18-8-9-24(32(41)42)25(12-18)44-31-28(34)26(29(40)37-11-10-22-16-36-17-38-22)27(33)30(39-31)43-23-7-3-6-21(14-23)20-5-2-4-19(13-20)15-35/h2-9,12-14,16-17H,10-11,15,35H2,1H3,(H,36,38)(H,37,40)(H,41,42). The molecule has 5 rings (SSSR count). The normalized spacial score (nSPS) is 10.8. The Morgan fingerprint density at radius 1 is 0.977 bits per heavy atom. The van der Waals surface area contributed by atoms with Crippen LogP contribution in [0.25, 0.3) is 11.1 Å². The van der Waals surface area contributed by atoms with Crippen molar-refractivity contribution in [1.29, 1.82) is 0 Å². The monoisotopic (exact) mass is 599 g/mol. The van der Waals surface area contributed by atoms with Crippen molar-refractivity contribution < 1.29 is 33.0 Å². The molecule has 10 nitrogen and oxygen atoms in total. The van der Waals surface area contributed by atoms with Crippen molar-refractivity contribution in [3.63, 3.8) is 0 Å². The predicted octanol–water partition coefficient (Wildman–Crippen LogP) is 5.77. The van der Waals surface area contributed by atoms with Gasteiger partial charge in [-0.1, -0.05) is 36.4 Å². The highest BCUT2D eigenvalue weighted by Gasteiger charge is 2.29. The number of hydrogen-bond acceptors (Lipinski definition) is 7. The van der Waals surface area contributed by atoms with Gasteiger partial charge in [-0.25, -0.2) is 9.78 Å². The van der Waals surface area contributed by atoms with E-state index in [0.29, 0.717) is 24.2 Å². The largest absolute Gasteiger partial charge is 0.478 e. The predicted molar refractivity (Wildman–Crippen MR) is 157 cm³/mol. The number of aryl methyl sites for hydroxylation is 1. The number of carbonyl (C=O) groups is 2. The third-order valence-corrected chi connectivity index (χ3v) is 6.58. The molecule has 2 aromatic heterocycles. The summed E-state index contributed by atoms with van der Waals surface area (Å²) >= 11 is 0. The average molecular weight is 600 g/mol. The molecule has 0 saturated heterocycles. The number of nitrogens with two attached hydrogens (primary N) is 1. The van der Waals surface area contributed by atoms with Crippen molar-refractivity contribution in [2.75, 3.05) is 6.54 Å². The number of hydrogen-bond donors (Lipinski definition) is 4. The molecule has 0 unspecified atom stereocenters. The zero-order chi connectivity index (χ0) is 31.2. The van der Waals surface area contributed by atoms with Gasteiger partial charge >= 0.3 is 5.97 Å². The van der Waals surface area contributed by atoms with E-state index in [1.807, 2.05) is 30.3 Å². The second-order valence-corrected chi connectivity index (χ2v) is 9.73. The minimum atomic E-state index is -1.43. The van der Waals surface area contributed by atoms with Crippen LogP contribution in [0.5, 0.6) is 23.3 Å². The minimum absolute atomic E-state index is 0.0161. The van der Waals surface area contributed by atoms with E-state index in [9.17, 15) is 14.7 Å². The van der Waals surface area contributed by atoms with Crippen molar-refractivity contribution in [2.24, 2.45) is 5.73 Å². The quantitative estimate of drug-likeness (QED) is 0.149. The van der Waals surface area contributed by atoms with Gasteiger partial charge in [-0.2, -0.15) is 13.8 Å². The van der Waals surface area contributed by atoms with Crippen molar-refractivity contribution in [2.45, 2.75) is 19.9 Å². The highest BCUT2D eigenvalue weighted by molar-refractivity contribution is 5.95. The molecule has 2 heterocycles. The number of amides is 1. The number of rotatable bonds is 11. The van der Waals surface area contributed by atoms with E-state index < -0.39 is 40.8 Å². The SMILES string of the molecule is Cc1ccc(C(=O)O)c(Oc2nc(Oc3cccc(-c4cccc(CN)c4)c3)c(F)c(C(=O)NCCc3c[nH]cn3)c2F)c1. The van der Waals surface area contributed by atoms with Gasteiger partial charge in [-0.3, -0.25) is 4.79 Å². The smallest absolute Gasteiger partial charge is 0.339 e. The van der Waals surface area contributed by atoms with Gasteiger partial charge in [0.25, 0.3) is 17.7 Å². The number of benzene rings is 3. The molecule has 0 aliphatic carbocycles. The van der Waals surface area contributed by atoms with Crippen LogP contribution < -0.4 is 20.5 Å². The molecule has 3 aromatic carbocycles. The lowest BCUT2D eigenvalue weighted by Crippen LogP contribution is -2.28. The topological polar surface area (TPSA) is 152 Å². The summed E-state index contributed by atoms with van der Waals surface area (Å²) < 4.78 is 42.9. The van der Waals surface area contributed by atoms with E-state index in [-0.39, 0.29) is 23.6 Å². The van der Waals surface area contributed by atoms with E-state index >= 15 is 8.78 Å². The molecular formula is C32H27F2N5O5. The van der Waals surface area contributed by atoms with Gasteiger partial charge in [-0.05, 0) is 59.5 Å². The summed E-state index contributed by atoms with van der Waals surface area (Å²) in [6, 6.07) is 18.3. The summed E-state index contributed by atoms with van der Waals surface area (Å²) in [5.41, 5.74) is 8.16. The molecule has 1 amide bonds. The van der Waals surface area contributed by atoms with Crippen LogP contribution in [-0.4, -0.2) is 38.5 Å². The molecule has 0 fully saturated rings. The maximum atomic E-state index is 15.8. The Labute approximate surface area is 250 Å². The van der Waals surface area contributed by atoms with Crippen LogP contribution in [0.4, 0.5) is 8.78 Å². The molecular weight excluding hydrogens is 572 g/mol. The lowest BCUT2D eigenvalue weighted by atomic mass is 10.0. The molecule has 0 radical (unpaired) electrons. The Bertz CT molecular complexity index is 1830. The Kier molecular flexibility index (Phi) is 8.91. The van der Waals surface area contributed by atoms with Gasteiger partial charge in [0.15, 0.2) is 0 Å². The molecule has 0 saturated carbocycles. The first-order chi connectivity index (χ1) is 21.2. The fourth-order valence-corrected chi connectivity index (χ4v) is 4.38. The molecule has 0 spiro atoms. The molecule has 5 aromatic rings. The second-order valence-electron chi connectivity index (χ2n) is 9.73. The number of aromatic carboxylic acids is 1. The van der Waals surface area contributed by atoms with Crippen molar-refractivity contribution in [1.82, 2.24) is 20.3 Å². The van der Waals surface area contributed by atoms with E-state index in [0.717, 1.165) is 16.7 Å². The first-order valence-electron chi connectivity index (χ1n) is 13.5. The van der Waals surface area contributed by atoms with Crippen molar-refractivity contribution >= 4 is 11.9 Å². The molecule has 12 heteroatoms. The molecule has 5 N–H and O–H groups in total. The average Bonchev–Trinajstić information content (AvgIpc) is 3.53. The number of aromatic amines is 1. The van der Waals surface area contributed by atoms with Gasteiger partial charge in [0.1, 0.15) is 22.6 Å². The highest BCUT2D eigenvalue weighted by atomic mass is 19.1. The van der Waals surface area contributed by atoms with E-state index in [2.05, 4.69) is 20.3 Å². The van der Waals surface area contributed by atoms with E-state index in [1.165, 1.54) is 30.6 Å². The van der Waals surface area contributed by atoms with Crippen LogP contribution in [0.2, 0.25) is 0 Å². The number of carboxylic acids is 1. The summed E-state index contributed by atoms with van der Waals surface area (Å²) in [5.74, 6) is -6.96. The zero-order valence-corrected chi connectivity index (χ0v) is 23.4. The lowest BCUT2D eigenvalue weighted by molar-refractivity contribution is 0.0693. The Hall–Kier alpha value is -5.62. The van der Waals surface area contributed by atoms with Gasteiger partial charge < -0.3 is 30.6 Å². The van der Waals surface area contributed by atoms with Crippen LogP contribution in [0.3, 0.4) is 0 Å². The molecule has 0 bridgehead atoms. The van der Waals surface area contributed by atoms with Crippen LogP contribution in [0.1, 0.15) is 37.5 Å². The maximum Gasteiger partial charge on any atom is 0.339 e. The Morgan fingerprint density at radius 2 is 1.70 bits per heavy atom. The zero-order valence-electron chi connectivity index (χ0n) is 23.4. The molecule has 224 valence electrons. The lowest BCUT2D eigenvalue weighted by Gasteiger charge is -2.15. The third kappa shape index (κ3) is 6.71. The Balaban J connectivity index is 1.53. The van der Waals surface area contributed by atoms with Gasteiger partial charge in [-0.15, -0.1) is 0 Å². The number of nitrogens with one attached hydrogen (secondary N) is 2. The number of aromatic nitrogens is 3. The summed E-state index contributed by atoms with van der Waals surface area (Å²) in [7, 11) is 0. The number of pyridine rings is 1.